The summed E-state index contributed by atoms with van der Waals surface area (Å²) in [6.45, 7) is 1.98. The Hall–Kier alpha value is -3.87. The van der Waals surface area contributed by atoms with Crippen molar-refractivity contribution in [2.75, 3.05) is 19.5 Å². The molecule has 4 rings (SSSR count). The minimum absolute atomic E-state index is 0.207. The molecular formula is C22H20N4O3. The zero-order chi connectivity index (χ0) is 20.4. The number of aromatic nitrogens is 3. The fourth-order valence-corrected chi connectivity index (χ4v) is 2.98. The summed E-state index contributed by atoms with van der Waals surface area (Å²) in [6.07, 6.45) is 1.81. The van der Waals surface area contributed by atoms with E-state index in [4.69, 9.17) is 9.47 Å². The molecule has 0 aliphatic rings. The van der Waals surface area contributed by atoms with Crippen LogP contribution in [0.1, 0.15) is 15.9 Å². The van der Waals surface area contributed by atoms with Gasteiger partial charge in [0.1, 0.15) is 5.75 Å². The van der Waals surface area contributed by atoms with Gasteiger partial charge in [0, 0.05) is 17.2 Å². The minimum Gasteiger partial charge on any atom is -0.495 e. The predicted molar refractivity (Wildman–Crippen MR) is 111 cm³/mol. The summed E-state index contributed by atoms with van der Waals surface area (Å²) in [5.41, 5.74) is 4.49. The number of amides is 1. The van der Waals surface area contributed by atoms with E-state index in [-0.39, 0.29) is 5.91 Å². The SMILES string of the molecule is COc1ccc2nc(-c3ccc(OC)c(NC(=O)c4ccc(C)cc4)c3)cn2n1. The maximum atomic E-state index is 12.6. The van der Waals surface area contributed by atoms with Gasteiger partial charge >= 0.3 is 0 Å². The van der Waals surface area contributed by atoms with E-state index in [1.807, 2.05) is 43.5 Å². The average molecular weight is 388 g/mol. The second kappa shape index (κ2) is 7.63. The summed E-state index contributed by atoms with van der Waals surface area (Å²) >= 11 is 0. The summed E-state index contributed by atoms with van der Waals surface area (Å²) in [4.78, 5) is 17.2. The summed E-state index contributed by atoms with van der Waals surface area (Å²) in [5.74, 6) is 0.863. The number of imidazole rings is 1. The molecule has 1 N–H and O–H groups in total. The lowest BCUT2D eigenvalue weighted by molar-refractivity contribution is 0.102. The molecule has 2 aromatic carbocycles. The fraction of sp³-hybridized carbons (Fsp3) is 0.136. The van der Waals surface area contributed by atoms with E-state index in [1.54, 1.807) is 43.0 Å². The van der Waals surface area contributed by atoms with Crippen molar-refractivity contribution in [3.05, 3.63) is 71.9 Å². The molecule has 0 unspecified atom stereocenters. The minimum atomic E-state index is -0.207. The van der Waals surface area contributed by atoms with Crippen molar-refractivity contribution in [3.8, 4) is 22.9 Å². The van der Waals surface area contributed by atoms with Crippen molar-refractivity contribution >= 4 is 17.2 Å². The van der Waals surface area contributed by atoms with Crippen LogP contribution in [0, 0.1) is 6.92 Å². The van der Waals surface area contributed by atoms with Gasteiger partial charge in [0.2, 0.25) is 5.88 Å². The second-order valence-electron chi connectivity index (χ2n) is 6.54. The molecule has 0 saturated carbocycles. The standard InChI is InChI=1S/C22H20N4O3/c1-14-4-6-15(7-5-14)22(27)24-17-12-16(8-9-19(17)28-2)18-13-26-20(23-18)10-11-21(25-26)29-3/h4-13H,1-3H3,(H,24,27). The fourth-order valence-electron chi connectivity index (χ4n) is 2.98. The van der Waals surface area contributed by atoms with Crippen LogP contribution in [0.3, 0.4) is 0 Å². The van der Waals surface area contributed by atoms with Gasteiger partial charge in [-0.2, -0.15) is 0 Å². The number of anilines is 1. The molecule has 0 aliphatic carbocycles. The molecule has 29 heavy (non-hydrogen) atoms. The number of hydrogen-bond donors (Lipinski definition) is 1. The van der Waals surface area contributed by atoms with Gasteiger partial charge in [0.25, 0.3) is 5.91 Å². The number of ether oxygens (including phenoxy) is 2. The van der Waals surface area contributed by atoms with Crippen molar-refractivity contribution in [1.29, 1.82) is 0 Å². The van der Waals surface area contributed by atoms with Crippen LogP contribution < -0.4 is 14.8 Å². The number of nitrogens with one attached hydrogen (secondary N) is 1. The van der Waals surface area contributed by atoms with E-state index in [9.17, 15) is 4.79 Å². The molecule has 4 aromatic rings. The number of methoxy groups -OCH3 is 2. The molecule has 2 heterocycles. The molecule has 0 aliphatic heterocycles. The van der Waals surface area contributed by atoms with Crippen LogP contribution in [0.5, 0.6) is 11.6 Å². The molecule has 2 aromatic heterocycles. The molecule has 0 spiro atoms. The van der Waals surface area contributed by atoms with Gasteiger partial charge in [0.05, 0.1) is 31.8 Å². The van der Waals surface area contributed by atoms with Gasteiger partial charge in [-0.15, -0.1) is 5.10 Å². The van der Waals surface area contributed by atoms with E-state index in [0.717, 1.165) is 16.8 Å². The first kappa shape index (κ1) is 18.5. The lowest BCUT2D eigenvalue weighted by Gasteiger charge is -2.11. The number of benzene rings is 2. The van der Waals surface area contributed by atoms with Crippen LogP contribution in [0.2, 0.25) is 0 Å². The molecule has 146 valence electrons. The largest absolute Gasteiger partial charge is 0.495 e. The third-order valence-electron chi connectivity index (χ3n) is 4.56. The molecular weight excluding hydrogens is 368 g/mol. The third kappa shape index (κ3) is 3.75. The molecule has 7 nitrogen and oxygen atoms in total. The topological polar surface area (TPSA) is 77.8 Å². The Morgan fingerprint density at radius 2 is 1.79 bits per heavy atom. The van der Waals surface area contributed by atoms with Gasteiger partial charge in [-0.1, -0.05) is 17.7 Å². The first-order valence-electron chi connectivity index (χ1n) is 9.04. The van der Waals surface area contributed by atoms with Crippen molar-refractivity contribution in [2.45, 2.75) is 6.92 Å². The number of aryl methyl sites for hydroxylation is 1. The van der Waals surface area contributed by atoms with Gasteiger partial charge in [-0.3, -0.25) is 4.79 Å². The summed E-state index contributed by atoms with van der Waals surface area (Å²) in [5, 5.41) is 7.25. The Bertz CT molecular complexity index is 1180. The van der Waals surface area contributed by atoms with Crippen molar-refractivity contribution in [1.82, 2.24) is 14.6 Å². The zero-order valence-corrected chi connectivity index (χ0v) is 16.3. The molecule has 1 amide bonds. The van der Waals surface area contributed by atoms with Crippen LogP contribution in [0.4, 0.5) is 5.69 Å². The first-order valence-corrected chi connectivity index (χ1v) is 9.04. The quantitative estimate of drug-likeness (QED) is 0.560. The predicted octanol–water partition coefficient (Wildman–Crippen LogP) is 3.97. The maximum absolute atomic E-state index is 12.6. The molecule has 0 radical (unpaired) electrons. The van der Waals surface area contributed by atoms with Crippen molar-refractivity contribution < 1.29 is 14.3 Å². The summed E-state index contributed by atoms with van der Waals surface area (Å²) < 4.78 is 12.2. The average Bonchev–Trinajstić information content (AvgIpc) is 3.17. The summed E-state index contributed by atoms with van der Waals surface area (Å²) in [7, 11) is 3.14. The number of carbonyl (C=O) groups excluding carboxylic acids is 1. The third-order valence-corrected chi connectivity index (χ3v) is 4.56. The number of nitrogens with zero attached hydrogens (tertiary/aromatic N) is 3. The normalized spacial score (nSPS) is 10.7. The second-order valence-corrected chi connectivity index (χ2v) is 6.54. The summed E-state index contributed by atoms with van der Waals surface area (Å²) in [6, 6.07) is 16.5. The lowest BCUT2D eigenvalue weighted by Crippen LogP contribution is -2.12. The molecule has 0 bridgehead atoms. The van der Waals surface area contributed by atoms with Crippen LogP contribution in [0.15, 0.2) is 60.8 Å². The molecule has 7 heteroatoms. The zero-order valence-electron chi connectivity index (χ0n) is 16.3. The highest BCUT2D eigenvalue weighted by atomic mass is 16.5. The number of carbonyl (C=O) groups is 1. The Balaban J connectivity index is 1.67. The Labute approximate surface area is 167 Å². The van der Waals surface area contributed by atoms with E-state index >= 15 is 0 Å². The van der Waals surface area contributed by atoms with Crippen LogP contribution in [-0.4, -0.2) is 34.7 Å². The smallest absolute Gasteiger partial charge is 0.255 e. The van der Waals surface area contributed by atoms with Gasteiger partial charge in [0.15, 0.2) is 5.65 Å². The molecule has 0 saturated heterocycles. The number of rotatable bonds is 5. The van der Waals surface area contributed by atoms with Gasteiger partial charge < -0.3 is 14.8 Å². The highest BCUT2D eigenvalue weighted by molar-refractivity contribution is 6.05. The highest BCUT2D eigenvalue weighted by Crippen LogP contribution is 2.31. The number of hydrogen-bond acceptors (Lipinski definition) is 5. The van der Waals surface area contributed by atoms with Gasteiger partial charge in [-0.25, -0.2) is 9.50 Å². The Kier molecular flexibility index (Phi) is 4.87. The lowest BCUT2D eigenvalue weighted by atomic mass is 10.1. The maximum Gasteiger partial charge on any atom is 0.255 e. The van der Waals surface area contributed by atoms with Crippen LogP contribution in [-0.2, 0) is 0 Å². The highest BCUT2D eigenvalue weighted by Gasteiger charge is 2.13. The monoisotopic (exact) mass is 388 g/mol. The Morgan fingerprint density at radius 1 is 1.00 bits per heavy atom. The van der Waals surface area contributed by atoms with E-state index in [1.165, 1.54) is 0 Å². The van der Waals surface area contributed by atoms with E-state index in [2.05, 4.69) is 15.4 Å². The number of fused-ring (bicyclic) bond motifs is 1. The van der Waals surface area contributed by atoms with Crippen LogP contribution >= 0.6 is 0 Å². The van der Waals surface area contributed by atoms with E-state index in [0.29, 0.717) is 28.5 Å². The van der Waals surface area contributed by atoms with Crippen molar-refractivity contribution in [3.63, 3.8) is 0 Å². The first-order chi connectivity index (χ1) is 14.1. The van der Waals surface area contributed by atoms with Crippen LogP contribution in [0.25, 0.3) is 16.9 Å². The Morgan fingerprint density at radius 3 is 2.52 bits per heavy atom. The molecule has 0 atom stereocenters. The van der Waals surface area contributed by atoms with Crippen molar-refractivity contribution in [2.24, 2.45) is 0 Å². The van der Waals surface area contributed by atoms with Gasteiger partial charge in [-0.05, 0) is 43.3 Å². The molecule has 0 fully saturated rings. The van der Waals surface area contributed by atoms with E-state index < -0.39 is 0 Å².